The number of halogens is 1. The number of carbonyl (C=O) groups excluding carboxylic acids is 2. The van der Waals surface area contributed by atoms with Gasteiger partial charge in [0.15, 0.2) is 6.61 Å². The van der Waals surface area contributed by atoms with Crippen molar-refractivity contribution in [2.45, 2.75) is 46.7 Å². The second-order valence-electron chi connectivity index (χ2n) is 7.14. The first-order valence-corrected chi connectivity index (χ1v) is 9.84. The molecule has 29 heavy (non-hydrogen) atoms. The second-order valence-corrected chi connectivity index (χ2v) is 7.14. The third-order valence-electron chi connectivity index (χ3n) is 4.70. The third-order valence-corrected chi connectivity index (χ3v) is 4.70. The molecular formula is C23H29FN2O3. The van der Waals surface area contributed by atoms with Gasteiger partial charge in [-0.05, 0) is 44.9 Å². The van der Waals surface area contributed by atoms with Crippen molar-refractivity contribution in [3.05, 3.63) is 65.0 Å². The molecular weight excluding hydrogens is 371 g/mol. The quantitative estimate of drug-likeness (QED) is 0.697. The number of ether oxygens (including phenoxy) is 1. The van der Waals surface area contributed by atoms with Crippen molar-refractivity contribution < 1.29 is 18.7 Å². The van der Waals surface area contributed by atoms with Crippen LogP contribution in [0.3, 0.4) is 0 Å². The lowest BCUT2D eigenvalue weighted by Crippen LogP contribution is -2.49. The minimum Gasteiger partial charge on any atom is -0.483 e. The fourth-order valence-corrected chi connectivity index (χ4v) is 2.97. The molecule has 0 unspecified atom stereocenters. The van der Waals surface area contributed by atoms with E-state index in [0.29, 0.717) is 17.9 Å². The van der Waals surface area contributed by atoms with Gasteiger partial charge in [0.2, 0.25) is 5.91 Å². The second kappa shape index (κ2) is 10.6. The molecule has 156 valence electrons. The zero-order valence-corrected chi connectivity index (χ0v) is 17.5. The number of amides is 2. The predicted octanol–water partition coefficient (Wildman–Crippen LogP) is 3.76. The van der Waals surface area contributed by atoms with Crippen molar-refractivity contribution in [1.29, 1.82) is 0 Å². The Hall–Kier alpha value is -2.89. The molecule has 6 heteroatoms. The van der Waals surface area contributed by atoms with Gasteiger partial charge in [-0.2, -0.15) is 0 Å². The average Bonchev–Trinajstić information content (AvgIpc) is 2.70. The van der Waals surface area contributed by atoms with Crippen molar-refractivity contribution in [2.75, 3.05) is 13.2 Å². The third kappa shape index (κ3) is 6.31. The van der Waals surface area contributed by atoms with Gasteiger partial charge in [0, 0.05) is 18.7 Å². The molecule has 0 saturated carbocycles. The normalized spacial score (nSPS) is 11.6. The van der Waals surface area contributed by atoms with Crippen LogP contribution in [0, 0.1) is 19.7 Å². The zero-order valence-electron chi connectivity index (χ0n) is 17.5. The highest BCUT2D eigenvalue weighted by Crippen LogP contribution is 2.19. The molecule has 0 fully saturated rings. The van der Waals surface area contributed by atoms with Crippen LogP contribution in [0.2, 0.25) is 0 Å². The Morgan fingerprint density at radius 2 is 1.90 bits per heavy atom. The first-order chi connectivity index (χ1) is 13.8. The van der Waals surface area contributed by atoms with E-state index in [-0.39, 0.29) is 25.0 Å². The SMILES string of the molecule is CCCNC(=O)[C@@H](C)N(Cc1ccccc1F)C(=O)COc1ccc(C)cc1C. The van der Waals surface area contributed by atoms with Gasteiger partial charge < -0.3 is 15.0 Å². The van der Waals surface area contributed by atoms with Crippen molar-refractivity contribution in [2.24, 2.45) is 0 Å². The summed E-state index contributed by atoms with van der Waals surface area (Å²) in [6, 6.07) is 11.2. The highest BCUT2D eigenvalue weighted by molar-refractivity contribution is 5.87. The summed E-state index contributed by atoms with van der Waals surface area (Å²) in [4.78, 5) is 26.7. The minimum atomic E-state index is -0.753. The Labute approximate surface area is 171 Å². The Balaban J connectivity index is 2.17. The molecule has 0 aromatic heterocycles. The molecule has 1 N–H and O–H groups in total. The summed E-state index contributed by atoms with van der Waals surface area (Å²) < 4.78 is 19.8. The first kappa shape index (κ1) is 22.4. The van der Waals surface area contributed by atoms with Crippen molar-refractivity contribution in [3.8, 4) is 5.75 Å². The summed E-state index contributed by atoms with van der Waals surface area (Å²) in [5, 5.41) is 2.79. The maximum absolute atomic E-state index is 14.2. The van der Waals surface area contributed by atoms with E-state index in [0.717, 1.165) is 17.5 Å². The molecule has 0 bridgehead atoms. The lowest BCUT2D eigenvalue weighted by Gasteiger charge is -2.29. The Morgan fingerprint density at radius 3 is 2.55 bits per heavy atom. The van der Waals surface area contributed by atoms with E-state index in [1.807, 2.05) is 39.0 Å². The average molecular weight is 400 g/mol. The smallest absolute Gasteiger partial charge is 0.261 e. The van der Waals surface area contributed by atoms with Crippen LogP contribution in [0.5, 0.6) is 5.75 Å². The Morgan fingerprint density at radius 1 is 1.17 bits per heavy atom. The molecule has 0 saturated heterocycles. The molecule has 2 aromatic rings. The molecule has 1 atom stereocenters. The zero-order chi connectivity index (χ0) is 21.4. The summed E-state index contributed by atoms with van der Waals surface area (Å²) >= 11 is 0. The molecule has 0 aliphatic heterocycles. The van der Waals surface area contributed by atoms with Gasteiger partial charge in [-0.1, -0.05) is 42.8 Å². The van der Waals surface area contributed by atoms with E-state index in [9.17, 15) is 14.0 Å². The maximum atomic E-state index is 14.2. The molecule has 0 radical (unpaired) electrons. The highest BCUT2D eigenvalue weighted by atomic mass is 19.1. The number of hydrogen-bond acceptors (Lipinski definition) is 3. The minimum absolute atomic E-state index is 0.0115. The van der Waals surface area contributed by atoms with Crippen LogP contribution >= 0.6 is 0 Å². The van der Waals surface area contributed by atoms with Gasteiger partial charge in [-0.25, -0.2) is 4.39 Å². The number of nitrogens with zero attached hydrogens (tertiary/aromatic N) is 1. The molecule has 2 rings (SSSR count). The van der Waals surface area contributed by atoms with Crippen LogP contribution in [-0.2, 0) is 16.1 Å². The summed E-state index contributed by atoms with van der Waals surface area (Å²) in [6.07, 6.45) is 0.787. The lowest BCUT2D eigenvalue weighted by atomic mass is 10.1. The molecule has 0 aliphatic rings. The van der Waals surface area contributed by atoms with E-state index in [2.05, 4.69) is 5.32 Å². The molecule has 0 heterocycles. The van der Waals surface area contributed by atoms with Crippen LogP contribution < -0.4 is 10.1 Å². The maximum Gasteiger partial charge on any atom is 0.261 e. The summed E-state index contributed by atoms with van der Waals surface area (Å²) in [7, 11) is 0. The van der Waals surface area contributed by atoms with E-state index >= 15 is 0 Å². The number of benzene rings is 2. The molecule has 2 aromatic carbocycles. The summed E-state index contributed by atoms with van der Waals surface area (Å²) in [6.45, 7) is 7.75. The van der Waals surface area contributed by atoms with Crippen LogP contribution in [0.15, 0.2) is 42.5 Å². The molecule has 2 amide bonds. The van der Waals surface area contributed by atoms with Gasteiger partial charge in [0.25, 0.3) is 5.91 Å². The van der Waals surface area contributed by atoms with Crippen LogP contribution in [-0.4, -0.2) is 35.9 Å². The molecule has 0 spiro atoms. The van der Waals surface area contributed by atoms with Crippen molar-refractivity contribution >= 4 is 11.8 Å². The number of hydrogen-bond donors (Lipinski definition) is 1. The van der Waals surface area contributed by atoms with E-state index < -0.39 is 11.9 Å². The largest absolute Gasteiger partial charge is 0.483 e. The van der Waals surface area contributed by atoms with Crippen molar-refractivity contribution in [1.82, 2.24) is 10.2 Å². The van der Waals surface area contributed by atoms with Gasteiger partial charge in [0.05, 0.1) is 0 Å². The van der Waals surface area contributed by atoms with E-state index in [1.54, 1.807) is 25.1 Å². The Kier molecular flexibility index (Phi) is 8.19. The Bertz CT molecular complexity index is 854. The summed E-state index contributed by atoms with van der Waals surface area (Å²) in [5.41, 5.74) is 2.37. The van der Waals surface area contributed by atoms with Crippen molar-refractivity contribution in [3.63, 3.8) is 0 Å². The van der Waals surface area contributed by atoms with Crippen LogP contribution in [0.1, 0.15) is 37.0 Å². The standard InChI is InChI=1S/C23H29FN2O3/c1-5-12-25-23(28)18(4)26(14-19-8-6-7-9-20(19)24)22(27)15-29-21-11-10-16(2)13-17(21)3/h6-11,13,18H,5,12,14-15H2,1-4H3,(H,25,28)/t18-/m1/s1. The fourth-order valence-electron chi connectivity index (χ4n) is 2.97. The number of nitrogens with one attached hydrogen (secondary N) is 1. The topological polar surface area (TPSA) is 58.6 Å². The lowest BCUT2D eigenvalue weighted by molar-refractivity contribution is -0.142. The number of rotatable bonds is 9. The van der Waals surface area contributed by atoms with Gasteiger partial charge >= 0.3 is 0 Å². The highest BCUT2D eigenvalue weighted by Gasteiger charge is 2.27. The van der Waals surface area contributed by atoms with Crippen LogP contribution in [0.4, 0.5) is 4.39 Å². The predicted molar refractivity (Wildman–Crippen MR) is 111 cm³/mol. The summed E-state index contributed by atoms with van der Waals surface area (Å²) in [5.74, 6) is -0.463. The number of carbonyl (C=O) groups is 2. The monoisotopic (exact) mass is 400 g/mol. The van der Waals surface area contributed by atoms with E-state index in [4.69, 9.17) is 4.74 Å². The van der Waals surface area contributed by atoms with Crippen LogP contribution in [0.25, 0.3) is 0 Å². The van der Waals surface area contributed by atoms with E-state index in [1.165, 1.54) is 11.0 Å². The number of aryl methyl sites for hydroxylation is 2. The van der Waals surface area contributed by atoms with Gasteiger partial charge in [0.1, 0.15) is 17.6 Å². The van der Waals surface area contributed by atoms with Gasteiger partial charge in [-0.15, -0.1) is 0 Å². The van der Waals surface area contributed by atoms with Gasteiger partial charge in [-0.3, -0.25) is 9.59 Å². The molecule has 5 nitrogen and oxygen atoms in total. The fraction of sp³-hybridized carbons (Fsp3) is 0.391. The first-order valence-electron chi connectivity index (χ1n) is 9.84. The molecule has 0 aliphatic carbocycles.